The van der Waals surface area contributed by atoms with E-state index >= 15 is 0 Å². The summed E-state index contributed by atoms with van der Waals surface area (Å²) >= 11 is 1.78. The van der Waals surface area contributed by atoms with E-state index in [-0.39, 0.29) is 0 Å². The van der Waals surface area contributed by atoms with Gasteiger partial charge in [-0.25, -0.2) is 4.98 Å². The molecule has 1 aromatic heterocycles. The van der Waals surface area contributed by atoms with Gasteiger partial charge in [0.15, 0.2) is 0 Å². The van der Waals surface area contributed by atoms with Crippen LogP contribution in [0.4, 0.5) is 0 Å². The van der Waals surface area contributed by atoms with Crippen LogP contribution in [0.15, 0.2) is 5.51 Å². The number of hydrogen-bond acceptors (Lipinski definition) is 4. The Morgan fingerprint density at radius 1 is 1.67 bits per heavy atom. The standard InChI is InChI=1S/C11H19N3S/c1-3-14(10-4-5-12-6-10)7-11-9(2)13-8-15-11/h8,10,12H,3-7H2,1-2H3. The first kappa shape index (κ1) is 11.0. The van der Waals surface area contributed by atoms with Gasteiger partial charge in [-0.1, -0.05) is 6.92 Å². The first-order valence-corrected chi connectivity index (χ1v) is 6.53. The van der Waals surface area contributed by atoms with E-state index in [9.17, 15) is 0 Å². The largest absolute Gasteiger partial charge is 0.315 e. The van der Waals surface area contributed by atoms with E-state index < -0.39 is 0 Å². The van der Waals surface area contributed by atoms with Gasteiger partial charge in [0.25, 0.3) is 0 Å². The number of likely N-dealkylation sites (N-methyl/N-ethyl adjacent to an activating group) is 1. The van der Waals surface area contributed by atoms with E-state index in [1.54, 1.807) is 11.3 Å². The number of thiazole rings is 1. The summed E-state index contributed by atoms with van der Waals surface area (Å²) in [5.74, 6) is 0. The van der Waals surface area contributed by atoms with Gasteiger partial charge in [-0.3, -0.25) is 4.90 Å². The third-order valence-electron chi connectivity index (χ3n) is 3.15. The van der Waals surface area contributed by atoms with E-state index in [2.05, 4.69) is 29.0 Å². The molecule has 0 amide bonds. The maximum Gasteiger partial charge on any atom is 0.0798 e. The molecule has 1 atom stereocenters. The molecule has 1 saturated heterocycles. The van der Waals surface area contributed by atoms with Crippen LogP contribution in [0.3, 0.4) is 0 Å². The second-order valence-corrected chi connectivity index (χ2v) is 5.01. The van der Waals surface area contributed by atoms with Gasteiger partial charge in [0.05, 0.1) is 11.2 Å². The monoisotopic (exact) mass is 225 g/mol. The Labute approximate surface area is 95.5 Å². The third-order valence-corrected chi connectivity index (χ3v) is 4.07. The van der Waals surface area contributed by atoms with Crippen LogP contribution in [-0.4, -0.2) is 35.6 Å². The summed E-state index contributed by atoms with van der Waals surface area (Å²) in [5.41, 5.74) is 3.15. The van der Waals surface area contributed by atoms with Crippen molar-refractivity contribution in [2.75, 3.05) is 19.6 Å². The first-order valence-electron chi connectivity index (χ1n) is 5.65. The quantitative estimate of drug-likeness (QED) is 0.844. The minimum atomic E-state index is 0.719. The van der Waals surface area contributed by atoms with E-state index in [1.807, 2.05) is 5.51 Å². The van der Waals surface area contributed by atoms with Crippen molar-refractivity contribution < 1.29 is 0 Å². The number of nitrogens with one attached hydrogen (secondary N) is 1. The van der Waals surface area contributed by atoms with Crippen molar-refractivity contribution >= 4 is 11.3 Å². The van der Waals surface area contributed by atoms with Crippen molar-refractivity contribution in [3.63, 3.8) is 0 Å². The lowest BCUT2D eigenvalue weighted by Gasteiger charge is -2.26. The van der Waals surface area contributed by atoms with E-state index in [0.29, 0.717) is 0 Å². The topological polar surface area (TPSA) is 28.2 Å². The fourth-order valence-electron chi connectivity index (χ4n) is 2.11. The Hall–Kier alpha value is -0.450. The fraction of sp³-hybridized carbons (Fsp3) is 0.727. The van der Waals surface area contributed by atoms with Gasteiger partial charge in [0.1, 0.15) is 0 Å². The second kappa shape index (κ2) is 5.05. The van der Waals surface area contributed by atoms with Crippen molar-refractivity contribution in [3.8, 4) is 0 Å². The molecule has 84 valence electrons. The number of nitrogens with zero attached hydrogens (tertiary/aromatic N) is 2. The molecule has 0 bridgehead atoms. The van der Waals surface area contributed by atoms with Crippen molar-refractivity contribution in [3.05, 3.63) is 16.1 Å². The molecule has 1 aliphatic rings. The molecule has 0 saturated carbocycles. The smallest absolute Gasteiger partial charge is 0.0798 e. The van der Waals surface area contributed by atoms with Crippen molar-refractivity contribution in [1.29, 1.82) is 0 Å². The molecule has 2 rings (SSSR count). The Bertz CT molecular complexity index is 305. The van der Waals surface area contributed by atoms with Crippen LogP contribution in [0.1, 0.15) is 23.9 Å². The normalized spacial score (nSPS) is 21.4. The molecule has 4 heteroatoms. The Morgan fingerprint density at radius 3 is 3.07 bits per heavy atom. The SMILES string of the molecule is CCN(Cc1scnc1C)C1CCNC1. The van der Waals surface area contributed by atoms with Crippen LogP contribution in [-0.2, 0) is 6.54 Å². The highest BCUT2D eigenvalue weighted by Crippen LogP contribution is 2.18. The molecule has 2 heterocycles. The van der Waals surface area contributed by atoms with Gasteiger partial charge < -0.3 is 5.32 Å². The molecule has 1 aromatic rings. The molecule has 15 heavy (non-hydrogen) atoms. The van der Waals surface area contributed by atoms with E-state index in [1.165, 1.54) is 23.5 Å². The van der Waals surface area contributed by atoms with Crippen LogP contribution in [0.2, 0.25) is 0 Å². The average molecular weight is 225 g/mol. The lowest BCUT2D eigenvalue weighted by Crippen LogP contribution is -2.36. The predicted octanol–water partition coefficient (Wildman–Crippen LogP) is 1.64. The number of hydrogen-bond donors (Lipinski definition) is 1. The highest BCUT2D eigenvalue weighted by molar-refractivity contribution is 7.09. The molecule has 0 spiro atoms. The molecule has 0 radical (unpaired) electrons. The van der Waals surface area contributed by atoms with Gasteiger partial charge in [-0.05, 0) is 26.4 Å². The Kier molecular flexibility index (Phi) is 3.72. The molecular weight excluding hydrogens is 206 g/mol. The molecule has 1 unspecified atom stereocenters. The molecule has 0 aromatic carbocycles. The first-order chi connectivity index (χ1) is 7.31. The summed E-state index contributed by atoms with van der Waals surface area (Å²) in [6.45, 7) is 8.86. The van der Waals surface area contributed by atoms with Gasteiger partial charge >= 0.3 is 0 Å². The highest BCUT2D eigenvalue weighted by atomic mass is 32.1. The zero-order valence-corrected chi connectivity index (χ0v) is 10.3. The molecular formula is C11H19N3S. The van der Waals surface area contributed by atoms with Crippen LogP contribution >= 0.6 is 11.3 Å². The van der Waals surface area contributed by atoms with Crippen molar-refractivity contribution in [1.82, 2.24) is 15.2 Å². The summed E-state index contributed by atoms with van der Waals surface area (Å²) in [6, 6.07) is 0.719. The van der Waals surface area contributed by atoms with E-state index in [0.717, 1.165) is 25.7 Å². The molecule has 1 N–H and O–H groups in total. The van der Waals surface area contributed by atoms with Crippen LogP contribution in [0, 0.1) is 6.92 Å². The third kappa shape index (κ3) is 2.56. The van der Waals surface area contributed by atoms with Crippen molar-refractivity contribution in [2.24, 2.45) is 0 Å². The predicted molar refractivity (Wildman–Crippen MR) is 64.2 cm³/mol. The summed E-state index contributed by atoms with van der Waals surface area (Å²) < 4.78 is 0. The minimum absolute atomic E-state index is 0.719. The summed E-state index contributed by atoms with van der Waals surface area (Å²) in [4.78, 5) is 8.28. The summed E-state index contributed by atoms with van der Waals surface area (Å²) in [7, 11) is 0. The summed E-state index contributed by atoms with van der Waals surface area (Å²) in [5, 5.41) is 3.43. The molecule has 0 aliphatic carbocycles. The second-order valence-electron chi connectivity index (χ2n) is 4.07. The maximum atomic E-state index is 4.31. The number of aryl methyl sites for hydroxylation is 1. The molecule has 1 aliphatic heterocycles. The molecule has 3 nitrogen and oxygen atoms in total. The van der Waals surface area contributed by atoms with Gasteiger partial charge in [0.2, 0.25) is 0 Å². The van der Waals surface area contributed by atoms with Crippen LogP contribution in [0.25, 0.3) is 0 Å². The van der Waals surface area contributed by atoms with Gasteiger partial charge in [-0.15, -0.1) is 11.3 Å². The van der Waals surface area contributed by atoms with Crippen LogP contribution in [0.5, 0.6) is 0 Å². The zero-order valence-electron chi connectivity index (χ0n) is 9.49. The Balaban J connectivity index is 1.98. The van der Waals surface area contributed by atoms with Gasteiger partial charge in [0, 0.05) is 24.0 Å². The number of rotatable bonds is 4. The lowest BCUT2D eigenvalue weighted by atomic mass is 10.2. The average Bonchev–Trinajstić information content (AvgIpc) is 2.86. The highest BCUT2D eigenvalue weighted by Gasteiger charge is 2.21. The van der Waals surface area contributed by atoms with E-state index in [4.69, 9.17) is 0 Å². The number of aromatic nitrogens is 1. The van der Waals surface area contributed by atoms with Crippen molar-refractivity contribution in [2.45, 2.75) is 32.9 Å². The maximum absolute atomic E-state index is 4.31. The van der Waals surface area contributed by atoms with Gasteiger partial charge in [-0.2, -0.15) is 0 Å². The Morgan fingerprint density at radius 2 is 2.53 bits per heavy atom. The fourth-order valence-corrected chi connectivity index (χ4v) is 2.91. The molecule has 1 fully saturated rings. The summed E-state index contributed by atoms with van der Waals surface area (Å²) in [6.07, 6.45) is 1.28. The van der Waals surface area contributed by atoms with Crippen LogP contribution < -0.4 is 5.32 Å². The lowest BCUT2D eigenvalue weighted by molar-refractivity contribution is 0.212. The zero-order chi connectivity index (χ0) is 10.7. The minimum Gasteiger partial charge on any atom is -0.315 e.